The molecule has 0 aliphatic heterocycles. The first-order valence-corrected chi connectivity index (χ1v) is 3.76. The summed E-state index contributed by atoms with van der Waals surface area (Å²) in [7, 11) is 0. The third-order valence-corrected chi connectivity index (χ3v) is 1.71. The molecular formula is C10H13F. The Hall–Kier alpha value is -0.850. The molecule has 0 unspecified atom stereocenters. The van der Waals surface area contributed by atoms with E-state index in [1.165, 1.54) is 17.7 Å². The van der Waals surface area contributed by atoms with Crippen LogP contribution in [0.4, 0.5) is 4.39 Å². The Labute approximate surface area is 67.1 Å². The highest BCUT2D eigenvalue weighted by atomic mass is 19.2. The largest absolute Gasteiger partial charge is 0.207 e. The number of hydrogen-bond donors (Lipinski definition) is 0. The van der Waals surface area contributed by atoms with E-state index >= 15 is 0 Å². The monoisotopic (exact) mass is 157 g/mol. The first kappa shape index (κ1) is 8.25. The molecule has 0 atom stereocenters. The van der Waals surface area contributed by atoms with Gasteiger partial charge < -0.3 is 0 Å². The van der Waals surface area contributed by atoms with E-state index in [0.29, 0.717) is 0 Å². The zero-order valence-electron chi connectivity index (χ0n) is 7.19. The van der Waals surface area contributed by atoms with Crippen molar-refractivity contribution in [2.45, 2.75) is 26.2 Å². The minimum absolute atomic E-state index is 0.119. The summed E-state index contributed by atoms with van der Waals surface area (Å²) in [6, 6.07) is 6.66. The number of rotatable bonds is 0. The van der Waals surface area contributed by atoms with Crippen molar-refractivity contribution in [2.75, 3.05) is 0 Å². The van der Waals surface area contributed by atoms with Crippen molar-refractivity contribution in [3.8, 4) is 0 Å². The van der Waals surface area contributed by atoms with Gasteiger partial charge in [-0.2, -0.15) is 0 Å². The summed E-state index contributed by atoms with van der Waals surface area (Å²) in [6.45, 7) is 6.33. The van der Waals surface area contributed by atoms with Gasteiger partial charge in [-0.05, 0) is 23.1 Å². The van der Waals surface area contributed by atoms with Gasteiger partial charge in [0, 0.05) is 0 Å². The van der Waals surface area contributed by atoms with Gasteiger partial charge in [0.25, 0.3) is 0 Å². The lowest BCUT2D eigenvalue weighted by Gasteiger charge is -2.18. The first-order chi connectivity index (χ1) is 5.00. The van der Waals surface area contributed by atoms with Crippen LogP contribution in [-0.4, -0.2) is 0 Å². The molecule has 0 aromatic heterocycles. The number of halogens is 1. The van der Waals surface area contributed by atoms with E-state index in [2.05, 4.69) is 20.8 Å². The van der Waals surface area contributed by atoms with Gasteiger partial charge in [0.2, 0.25) is 0 Å². The Morgan fingerprint density at radius 1 is 1.00 bits per heavy atom. The predicted molar refractivity (Wildman–Crippen MR) is 45.1 cm³/mol. The standard InChI is InChI=1S/C10H13F/c1-10(2,3)8-4-6-9(11)7-5-8/h4-7H,1-3H3/i4+1,5+1,6+1,7+1,9+1. The Morgan fingerprint density at radius 3 is 1.82 bits per heavy atom. The molecule has 0 aliphatic carbocycles. The second-order valence-corrected chi connectivity index (χ2v) is 3.76. The quantitative estimate of drug-likeness (QED) is 0.542. The molecule has 0 aliphatic rings. The molecular weight excluding hydrogens is 144 g/mol. The fraction of sp³-hybridized carbons (Fsp3) is 0.400. The molecule has 0 saturated carbocycles. The summed E-state index contributed by atoms with van der Waals surface area (Å²) in [5, 5.41) is 0. The Morgan fingerprint density at radius 2 is 1.45 bits per heavy atom. The third-order valence-electron chi connectivity index (χ3n) is 1.71. The van der Waals surface area contributed by atoms with E-state index in [1.807, 2.05) is 12.1 Å². The molecule has 11 heavy (non-hydrogen) atoms. The normalized spacial score (nSPS) is 11.6. The molecule has 0 amide bonds. The minimum Gasteiger partial charge on any atom is -0.207 e. The van der Waals surface area contributed by atoms with E-state index in [1.54, 1.807) is 0 Å². The summed E-state index contributed by atoms with van der Waals surface area (Å²) in [5.41, 5.74) is 1.28. The van der Waals surface area contributed by atoms with Gasteiger partial charge >= 0.3 is 0 Å². The van der Waals surface area contributed by atoms with Crippen LogP contribution < -0.4 is 0 Å². The van der Waals surface area contributed by atoms with Crippen LogP contribution >= 0.6 is 0 Å². The zero-order chi connectivity index (χ0) is 8.48. The third kappa shape index (κ3) is 2.04. The van der Waals surface area contributed by atoms with Crippen molar-refractivity contribution < 1.29 is 4.39 Å². The second-order valence-electron chi connectivity index (χ2n) is 3.76. The fourth-order valence-corrected chi connectivity index (χ4v) is 0.950. The molecule has 1 heteroatoms. The maximum absolute atomic E-state index is 12.5. The molecule has 0 nitrogen and oxygen atoms in total. The summed E-state index contributed by atoms with van der Waals surface area (Å²) in [5.74, 6) is -0.169. The van der Waals surface area contributed by atoms with Crippen LogP contribution in [0.1, 0.15) is 26.3 Å². The van der Waals surface area contributed by atoms with Crippen molar-refractivity contribution in [1.29, 1.82) is 0 Å². The molecule has 60 valence electrons. The van der Waals surface area contributed by atoms with Gasteiger partial charge in [0.1, 0.15) is 5.82 Å². The molecule has 0 spiro atoms. The van der Waals surface area contributed by atoms with Crippen LogP contribution in [0.15, 0.2) is 24.3 Å². The van der Waals surface area contributed by atoms with Gasteiger partial charge in [-0.25, -0.2) is 4.39 Å². The lowest BCUT2D eigenvalue weighted by molar-refractivity contribution is 0.583. The molecule has 0 heterocycles. The Kier molecular flexibility index (Phi) is 1.99. The van der Waals surface area contributed by atoms with E-state index in [9.17, 15) is 4.39 Å². The van der Waals surface area contributed by atoms with Crippen LogP contribution in [-0.2, 0) is 5.41 Å². The number of hydrogen-bond acceptors (Lipinski definition) is 0. The highest BCUT2D eigenvalue weighted by Crippen LogP contribution is 2.21. The van der Waals surface area contributed by atoms with Crippen molar-refractivity contribution in [2.24, 2.45) is 0 Å². The molecule has 0 radical (unpaired) electrons. The lowest BCUT2D eigenvalue weighted by Crippen LogP contribution is -2.10. The van der Waals surface area contributed by atoms with Crippen LogP contribution in [0.3, 0.4) is 0 Å². The summed E-state index contributed by atoms with van der Waals surface area (Å²) < 4.78 is 12.5. The topological polar surface area (TPSA) is 0 Å². The molecule has 0 bridgehead atoms. The molecule has 0 fully saturated rings. The van der Waals surface area contributed by atoms with E-state index in [4.69, 9.17) is 0 Å². The van der Waals surface area contributed by atoms with Gasteiger partial charge in [-0.15, -0.1) is 0 Å². The van der Waals surface area contributed by atoms with Crippen LogP contribution in [0.5, 0.6) is 0 Å². The van der Waals surface area contributed by atoms with Crippen LogP contribution in [0, 0.1) is 5.82 Å². The summed E-state index contributed by atoms with van der Waals surface area (Å²) >= 11 is 0. The summed E-state index contributed by atoms with van der Waals surface area (Å²) in [4.78, 5) is 0. The average Bonchev–Trinajstić information content (AvgIpc) is 1.86. The maximum atomic E-state index is 12.5. The van der Waals surface area contributed by atoms with E-state index in [-0.39, 0.29) is 11.2 Å². The van der Waals surface area contributed by atoms with Gasteiger partial charge in [-0.3, -0.25) is 0 Å². The minimum atomic E-state index is -0.169. The van der Waals surface area contributed by atoms with Gasteiger partial charge in [0.05, 0.1) is 0 Å². The van der Waals surface area contributed by atoms with Crippen molar-refractivity contribution >= 4 is 0 Å². The predicted octanol–water partition coefficient (Wildman–Crippen LogP) is 3.12. The highest BCUT2D eigenvalue weighted by Gasteiger charge is 2.12. The number of benzene rings is 1. The van der Waals surface area contributed by atoms with E-state index in [0.717, 1.165) is 0 Å². The lowest BCUT2D eigenvalue weighted by atomic mass is 9.94. The fourth-order valence-electron chi connectivity index (χ4n) is 0.950. The average molecular weight is 157 g/mol. The van der Waals surface area contributed by atoms with E-state index < -0.39 is 0 Å². The summed E-state index contributed by atoms with van der Waals surface area (Å²) in [6.07, 6.45) is 0. The molecule has 0 saturated heterocycles. The van der Waals surface area contributed by atoms with Crippen LogP contribution in [0.2, 0.25) is 0 Å². The highest BCUT2D eigenvalue weighted by molar-refractivity contribution is 5.22. The molecule has 1 rings (SSSR count). The smallest absolute Gasteiger partial charge is 0.123 e. The molecule has 1 aromatic carbocycles. The molecule has 0 N–H and O–H groups in total. The van der Waals surface area contributed by atoms with Crippen molar-refractivity contribution in [3.05, 3.63) is 35.6 Å². The van der Waals surface area contributed by atoms with Crippen LogP contribution in [0.25, 0.3) is 0 Å². The van der Waals surface area contributed by atoms with Crippen molar-refractivity contribution in [3.63, 3.8) is 0 Å². The Bertz CT molecular complexity index is 228. The first-order valence-electron chi connectivity index (χ1n) is 3.76. The Balaban J connectivity index is 2.99. The van der Waals surface area contributed by atoms with Crippen molar-refractivity contribution in [1.82, 2.24) is 0 Å². The second kappa shape index (κ2) is 2.65. The molecule has 1 aromatic rings. The van der Waals surface area contributed by atoms with Gasteiger partial charge in [0.15, 0.2) is 0 Å². The van der Waals surface area contributed by atoms with Gasteiger partial charge in [-0.1, -0.05) is 32.9 Å². The SMILES string of the molecule is CC(C)(C)c1[13cH][13cH][13c](F)[13cH][13cH]1. The maximum Gasteiger partial charge on any atom is 0.123 e. The zero-order valence-corrected chi connectivity index (χ0v) is 7.19.